The molecule has 0 bridgehead atoms. The van der Waals surface area contributed by atoms with Crippen molar-refractivity contribution in [3.05, 3.63) is 59.7 Å². The Hall–Kier alpha value is -3.03. The van der Waals surface area contributed by atoms with E-state index in [0.29, 0.717) is 11.3 Å². The van der Waals surface area contributed by atoms with E-state index in [4.69, 9.17) is 4.74 Å². The Kier molecular flexibility index (Phi) is 6.44. The third-order valence-corrected chi connectivity index (χ3v) is 3.83. The second kappa shape index (κ2) is 8.57. The number of rotatable bonds is 6. The molecule has 0 atom stereocenters. The average Bonchev–Trinajstić information content (AvgIpc) is 2.65. The first kappa shape index (κ1) is 20.3. The highest BCUT2D eigenvalue weighted by Crippen LogP contribution is 2.34. The molecule has 0 spiro atoms. The molecule has 0 radical (unpaired) electrons. The fourth-order valence-electron chi connectivity index (χ4n) is 2.47. The lowest BCUT2D eigenvalue weighted by atomic mass is 10.1. The van der Waals surface area contributed by atoms with Crippen LogP contribution >= 0.6 is 0 Å². The number of nitrogens with zero attached hydrogens (tertiary/aromatic N) is 1. The number of ether oxygens (including phenoxy) is 1. The fraction of sp³-hybridized carbons (Fsp3) is 0.263. The lowest BCUT2D eigenvalue weighted by Gasteiger charge is -2.21. The van der Waals surface area contributed by atoms with Gasteiger partial charge >= 0.3 is 6.18 Å². The van der Waals surface area contributed by atoms with Crippen LogP contribution < -0.4 is 10.1 Å². The quantitative estimate of drug-likeness (QED) is 0.829. The third kappa shape index (κ3) is 5.22. The average molecular weight is 380 g/mol. The molecule has 0 fully saturated rings. The minimum atomic E-state index is -4.59. The fourth-order valence-corrected chi connectivity index (χ4v) is 2.47. The number of benzene rings is 2. The predicted molar refractivity (Wildman–Crippen MR) is 94.6 cm³/mol. The molecule has 0 saturated heterocycles. The van der Waals surface area contributed by atoms with E-state index in [1.54, 1.807) is 25.1 Å². The van der Waals surface area contributed by atoms with Crippen LogP contribution in [0.15, 0.2) is 48.5 Å². The number of nitrogens with one attached hydrogen (secondary N) is 1. The van der Waals surface area contributed by atoms with Crippen molar-refractivity contribution in [2.45, 2.75) is 13.1 Å². The van der Waals surface area contributed by atoms with Gasteiger partial charge in [0.25, 0.3) is 5.91 Å². The Morgan fingerprint density at radius 2 is 1.81 bits per heavy atom. The summed E-state index contributed by atoms with van der Waals surface area (Å²) in [5, 5.41) is 2.23. The molecule has 5 nitrogen and oxygen atoms in total. The Morgan fingerprint density at radius 1 is 1.11 bits per heavy atom. The molecular weight excluding hydrogens is 361 g/mol. The molecular formula is C19H19F3N2O3. The van der Waals surface area contributed by atoms with E-state index in [1.165, 1.54) is 36.3 Å². The van der Waals surface area contributed by atoms with Crippen molar-refractivity contribution < 1.29 is 27.5 Å². The summed E-state index contributed by atoms with van der Waals surface area (Å²) >= 11 is 0. The molecule has 2 aromatic carbocycles. The summed E-state index contributed by atoms with van der Waals surface area (Å²) in [5.41, 5.74) is -0.972. The zero-order valence-electron chi connectivity index (χ0n) is 14.8. The Morgan fingerprint density at radius 3 is 2.44 bits per heavy atom. The van der Waals surface area contributed by atoms with E-state index >= 15 is 0 Å². The van der Waals surface area contributed by atoms with Crippen LogP contribution in [0.3, 0.4) is 0 Å². The molecule has 27 heavy (non-hydrogen) atoms. The van der Waals surface area contributed by atoms with Crippen molar-refractivity contribution in [2.24, 2.45) is 0 Å². The summed E-state index contributed by atoms with van der Waals surface area (Å²) in [6, 6.07) is 11.1. The number of alkyl halides is 3. The maximum Gasteiger partial charge on any atom is 0.418 e. The minimum absolute atomic E-state index is 0.213. The number of anilines is 1. The second-order valence-electron chi connectivity index (χ2n) is 5.64. The number of carbonyl (C=O) groups excluding carboxylic acids is 2. The van der Waals surface area contributed by atoms with Crippen molar-refractivity contribution in [3.63, 3.8) is 0 Å². The molecule has 0 aliphatic heterocycles. The first-order chi connectivity index (χ1) is 12.8. The van der Waals surface area contributed by atoms with Gasteiger partial charge in [0.05, 0.1) is 18.4 Å². The van der Waals surface area contributed by atoms with Crippen LogP contribution in [-0.2, 0) is 11.0 Å². The number of halogens is 3. The summed E-state index contributed by atoms with van der Waals surface area (Å²) in [6.07, 6.45) is -4.59. The van der Waals surface area contributed by atoms with Crippen molar-refractivity contribution >= 4 is 17.5 Å². The van der Waals surface area contributed by atoms with E-state index in [2.05, 4.69) is 5.32 Å². The SMILES string of the molecule is CCN(CC(=O)Nc1ccccc1C(F)(F)F)C(=O)c1cccc(OC)c1. The largest absolute Gasteiger partial charge is 0.497 e. The molecule has 0 saturated carbocycles. The third-order valence-electron chi connectivity index (χ3n) is 3.83. The first-order valence-corrected chi connectivity index (χ1v) is 8.15. The topological polar surface area (TPSA) is 58.6 Å². The number of hydrogen-bond acceptors (Lipinski definition) is 3. The second-order valence-corrected chi connectivity index (χ2v) is 5.64. The molecule has 2 rings (SSSR count). The van der Waals surface area contributed by atoms with Crippen molar-refractivity contribution in [1.29, 1.82) is 0 Å². The van der Waals surface area contributed by atoms with Gasteiger partial charge in [-0.1, -0.05) is 18.2 Å². The van der Waals surface area contributed by atoms with Gasteiger partial charge in [-0.15, -0.1) is 0 Å². The summed E-state index contributed by atoms with van der Waals surface area (Å²) in [5.74, 6) is -0.652. The summed E-state index contributed by atoms with van der Waals surface area (Å²) in [7, 11) is 1.46. The van der Waals surface area contributed by atoms with Gasteiger partial charge in [0.2, 0.25) is 5.91 Å². The van der Waals surface area contributed by atoms with Gasteiger partial charge in [0.15, 0.2) is 0 Å². The Labute approximate surface area is 154 Å². The maximum atomic E-state index is 13.0. The standard InChI is InChI=1S/C19H19F3N2O3/c1-3-24(18(26)13-7-6-8-14(11-13)27-2)12-17(25)23-16-10-5-4-9-15(16)19(20,21)22/h4-11H,3,12H2,1-2H3,(H,23,25). The predicted octanol–water partition coefficient (Wildman–Crippen LogP) is 3.81. The van der Waals surface area contributed by atoms with Crippen LogP contribution in [0.4, 0.5) is 18.9 Å². The van der Waals surface area contributed by atoms with E-state index in [-0.39, 0.29) is 18.8 Å². The van der Waals surface area contributed by atoms with E-state index in [9.17, 15) is 22.8 Å². The molecule has 0 unspecified atom stereocenters. The smallest absolute Gasteiger partial charge is 0.418 e. The summed E-state index contributed by atoms with van der Waals surface area (Å²) in [6.45, 7) is 1.51. The summed E-state index contributed by atoms with van der Waals surface area (Å²) < 4.78 is 44.1. The van der Waals surface area contributed by atoms with Crippen molar-refractivity contribution in [1.82, 2.24) is 4.90 Å². The highest BCUT2D eigenvalue weighted by molar-refractivity contribution is 5.99. The van der Waals surface area contributed by atoms with Crippen LogP contribution in [0.5, 0.6) is 5.75 Å². The van der Waals surface area contributed by atoms with Crippen molar-refractivity contribution in [3.8, 4) is 5.75 Å². The van der Waals surface area contributed by atoms with Crippen LogP contribution in [0.2, 0.25) is 0 Å². The van der Waals surface area contributed by atoms with Crippen LogP contribution in [0.1, 0.15) is 22.8 Å². The number of likely N-dealkylation sites (N-methyl/N-ethyl adjacent to an activating group) is 1. The van der Waals surface area contributed by atoms with Gasteiger partial charge in [-0.2, -0.15) is 13.2 Å². The van der Waals surface area contributed by atoms with Gasteiger partial charge in [0.1, 0.15) is 12.3 Å². The lowest BCUT2D eigenvalue weighted by Crippen LogP contribution is -2.38. The molecule has 0 heterocycles. The number of methoxy groups -OCH3 is 1. The van der Waals surface area contributed by atoms with E-state index in [0.717, 1.165) is 6.07 Å². The van der Waals surface area contributed by atoms with Gasteiger partial charge in [-0.3, -0.25) is 9.59 Å². The maximum absolute atomic E-state index is 13.0. The highest BCUT2D eigenvalue weighted by atomic mass is 19.4. The normalized spacial score (nSPS) is 11.0. The Bertz CT molecular complexity index is 822. The van der Waals surface area contributed by atoms with Crippen LogP contribution in [-0.4, -0.2) is 36.9 Å². The molecule has 1 N–H and O–H groups in total. The molecule has 2 aromatic rings. The number of carbonyl (C=O) groups is 2. The molecule has 0 aromatic heterocycles. The molecule has 0 aliphatic carbocycles. The first-order valence-electron chi connectivity index (χ1n) is 8.15. The summed E-state index contributed by atoms with van der Waals surface area (Å²) in [4.78, 5) is 26.0. The molecule has 144 valence electrons. The van der Waals surface area contributed by atoms with Gasteiger partial charge in [-0.05, 0) is 37.3 Å². The molecule has 0 aliphatic rings. The van der Waals surface area contributed by atoms with Crippen LogP contribution in [0.25, 0.3) is 0 Å². The van der Waals surface area contributed by atoms with Gasteiger partial charge in [0, 0.05) is 12.1 Å². The molecule has 8 heteroatoms. The van der Waals surface area contributed by atoms with E-state index in [1.807, 2.05) is 0 Å². The van der Waals surface area contributed by atoms with Gasteiger partial charge < -0.3 is 15.0 Å². The zero-order chi connectivity index (χ0) is 20.0. The van der Waals surface area contributed by atoms with Crippen molar-refractivity contribution in [2.75, 3.05) is 25.5 Å². The van der Waals surface area contributed by atoms with Crippen LogP contribution in [0, 0.1) is 0 Å². The number of hydrogen-bond donors (Lipinski definition) is 1. The highest BCUT2D eigenvalue weighted by Gasteiger charge is 2.33. The van der Waals surface area contributed by atoms with E-state index < -0.39 is 23.6 Å². The Balaban J connectivity index is 2.13. The monoisotopic (exact) mass is 380 g/mol. The van der Waals surface area contributed by atoms with Gasteiger partial charge in [-0.25, -0.2) is 0 Å². The number of para-hydroxylation sites is 1. The number of amides is 2. The zero-order valence-corrected chi connectivity index (χ0v) is 14.8. The molecule has 2 amide bonds. The lowest BCUT2D eigenvalue weighted by molar-refractivity contribution is -0.137. The minimum Gasteiger partial charge on any atom is -0.497 e.